The predicted molar refractivity (Wildman–Crippen MR) is 373 cm³/mol. The smallest absolute Gasteiger partial charge is 0.160 e. The number of nitrogens with zero attached hydrogens (tertiary/aromatic N) is 11. The normalized spacial score (nSPS) is 18.5. The number of piperidine rings is 2. The number of likely N-dealkylation sites (tertiary alicyclic amines) is 1. The molecule has 4 aliphatic rings. The number of hydrogen-bond acceptors (Lipinski definition) is 18. The summed E-state index contributed by atoms with van der Waals surface area (Å²) >= 11 is 8.87. The molecule has 3 N–H and O–H groups in total. The van der Waals surface area contributed by atoms with Crippen molar-refractivity contribution in [2.45, 2.75) is 60.9 Å². The molecule has 0 spiro atoms. The van der Waals surface area contributed by atoms with E-state index in [9.17, 15) is 28.0 Å². The molecule has 0 amide bonds. The summed E-state index contributed by atoms with van der Waals surface area (Å²) < 4.78 is 25.8. The number of benzene rings is 4. The number of Topliss-reactive ketones (excluding diaryl/α,β-unsaturated/α-hetero) is 4. The Labute approximate surface area is 563 Å². The predicted octanol–water partition coefficient (Wildman–Crippen LogP) is 11.8. The van der Waals surface area contributed by atoms with Crippen LogP contribution in [0.4, 0.5) is 20.4 Å². The number of anilines is 2. The number of ketones is 4. The van der Waals surface area contributed by atoms with E-state index in [-0.39, 0.29) is 57.2 Å². The maximum atomic E-state index is 13.8. The number of hydrogen-bond donors (Lipinski definition) is 3. The van der Waals surface area contributed by atoms with Crippen molar-refractivity contribution in [2.24, 2.45) is 11.8 Å². The quantitative estimate of drug-likeness (QED) is 0.0640. The number of aromatic nitrogens is 10. The van der Waals surface area contributed by atoms with Crippen LogP contribution in [0, 0.1) is 23.5 Å². The van der Waals surface area contributed by atoms with E-state index in [2.05, 4.69) is 70.3 Å². The molecule has 95 heavy (non-hydrogen) atoms. The molecule has 10 heterocycles. The Morgan fingerprint density at radius 3 is 1.42 bits per heavy atom. The van der Waals surface area contributed by atoms with E-state index < -0.39 is 4.75 Å². The van der Waals surface area contributed by atoms with Crippen molar-refractivity contribution in [3.8, 4) is 45.3 Å². The van der Waals surface area contributed by atoms with Crippen LogP contribution in [-0.2, 0) is 32.0 Å². The van der Waals surface area contributed by atoms with Crippen LogP contribution in [0.5, 0.6) is 0 Å². The summed E-state index contributed by atoms with van der Waals surface area (Å²) in [6, 6.07) is 35.9. The molecule has 10 aromatic rings. The van der Waals surface area contributed by atoms with Gasteiger partial charge in [-0.15, -0.1) is 35.1 Å². The number of rotatable bonds is 19. The first-order valence-corrected chi connectivity index (χ1v) is 34.9. The monoisotopic (exact) mass is 1330 g/mol. The average molecular weight is 1340 g/mol. The summed E-state index contributed by atoms with van der Waals surface area (Å²) in [7, 11) is 0. The lowest BCUT2D eigenvalue weighted by Crippen LogP contribution is -2.42. The van der Waals surface area contributed by atoms with Gasteiger partial charge in [0.1, 0.15) is 29.1 Å². The molecule has 6 aromatic heterocycles. The zero-order valence-corrected chi connectivity index (χ0v) is 55.3. The number of carbonyl (C=O) groups excluding carboxylic acids is 4. The molecule has 23 heteroatoms. The first kappa shape index (κ1) is 66.4. The number of aromatic amines is 2. The zero-order valence-electron chi connectivity index (χ0n) is 52.9. The summed E-state index contributed by atoms with van der Waals surface area (Å²) in [6.07, 6.45) is 20.1. The van der Waals surface area contributed by atoms with Crippen molar-refractivity contribution in [3.05, 3.63) is 181 Å². The number of fused-ring (bicyclic) bond motifs is 2. The van der Waals surface area contributed by atoms with Gasteiger partial charge in [0.05, 0.1) is 44.3 Å². The van der Waals surface area contributed by atoms with Gasteiger partial charge in [-0.1, -0.05) is 12.1 Å². The van der Waals surface area contributed by atoms with Gasteiger partial charge in [0, 0.05) is 141 Å². The molecule has 0 radical (unpaired) electrons. The fraction of sp³-hybridized carbons (Fsp3) is 0.333. The molecule has 0 saturated carbocycles. The van der Waals surface area contributed by atoms with E-state index in [4.69, 9.17) is 11.6 Å². The molecule has 4 fully saturated rings. The number of pyridine rings is 2. The van der Waals surface area contributed by atoms with E-state index >= 15 is 0 Å². The molecule has 4 aromatic carbocycles. The summed E-state index contributed by atoms with van der Waals surface area (Å²) in [5.41, 5.74) is 8.61. The van der Waals surface area contributed by atoms with Crippen LogP contribution < -0.4 is 15.1 Å². The first-order chi connectivity index (χ1) is 46.3. The molecule has 0 bridgehead atoms. The standard InChI is InChI=1S/C36H36FN7O2S.C20H20FN3OS.C16H17ClN4O/c1-47-36(32(46)20-24-3-9-30-29(19-24)34(42-41-30)26-4-7-28(37)8-5-26)13-18-43(23-36)22-31(45)25-11-16-44(17-12-25)33-10-6-27(21-40-33)35-38-14-2-15-39-35;1-26-20(8-9-22-12-20)18(25)11-13-2-7-17-16(10-13)19(24-23-17)14-3-5-15(21)6-4-14;17-10-14(22)12-4-8-21(9-5-12)15-3-2-13(11-20-15)16-18-6-1-7-19-16/h2-10,14-15,19,21,25H,11-13,16-18,20,22-23H2,1H3,(H,41,42);2-7,10,22H,8-9,11-12H2,1H3,(H,23,24);1-3,6-7,11-12H,4-5,8-10H2/t36-;20-;/m00./s1. The van der Waals surface area contributed by atoms with Gasteiger partial charge in [0.25, 0.3) is 0 Å². The third-order valence-corrected chi connectivity index (χ3v) is 21.6. The largest absolute Gasteiger partial charge is 0.357 e. The van der Waals surface area contributed by atoms with Crippen molar-refractivity contribution in [3.63, 3.8) is 0 Å². The lowest BCUT2D eigenvalue weighted by molar-refractivity contribution is -0.125. The second-order valence-corrected chi connectivity index (χ2v) is 27.1. The number of alkyl halides is 1. The number of H-pyrrole nitrogens is 2. The Hall–Kier alpha value is -8.67. The summed E-state index contributed by atoms with van der Waals surface area (Å²) in [4.78, 5) is 84.5. The lowest BCUT2D eigenvalue weighted by atomic mass is 9.92. The number of nitrogens with one attached hydrogen (secondary N) is 3. The molecule has 2 atom stereocenters. The Balaban J connectivity index is 0.000000151. The summed E-state index contributed by atoms with van der Waals surface area (Å²) in [5.74, 6) is 3.68. The van der Waals surface area contributed by atoms with Crippen LogP contribution in [0.1, 0.15) is 49.7 Å². The van der Waals surface area contributed by atoms with Gasteiger partial charge in [-0.2, -0.15) is 10.2 Å². The summed E-state index contributed by atoms with van der Waals surface area (Å²) in [6.45, 7) is 6.55. The minimum atomic E-state index is -0.544. The van der Waals surface area contributed by atoms with E-state index in [0.717, 1.165) is 163 Å². The van der Waals surface area contributed by atoms with Crippen LogP contribution in [-0.4, -0.2) is 165 Å². The van der Waals surface area contributed by atoms with Gasteiger partial charge in [-0.3, -0.25) is 34.3 Å². The molecule has 0 unspecified atom stereocenters. The third-order valence-electron chi connectivity index (χ3n) is 18.6. The van der Waals surface area contributed by atoms with Gasteiger partial charge in [0.2, 0.25) is 0 Å². The minimum absolute atomic E-state index is 0.0141. The molecule has 18 nitrogen and oxygen atoms in total. The van der Waals surface area contributed by atoms with Crippen molar-refractivity contribution < 1.29 is 28.0 Å². The van der Waals surface area contributed by atoms with Crippen molar-refractivity contribution in [1.82, 2.24) is 60.5 Å². The maximum Gasteiger partial charge on any atom is 0.160 e. The van der Waals surface area contributed by atoms with Crippen molar-refractivity contribution in [1.29, 1.82) is 0 Å². The Morgan fingerprint density at radius 1 is 0.547 bits per heavy atom. The molecular weight excluding hydrogens is 1260 g/mol. The van der Waals surface area contributed by atoms with Gasteiger partial charge in [0.15, 0.2) is 29.0 Å². The van der Waals surface area contributed by atoms with Crippen LogP contribution in [0.15, 0.2) is 159 Å². The highest BCUT2D eigenvalue weighted by Crippen LogP contribution is 2.38. The highest BCUT2D eigenvalue weighted by molar-refractivity contribution is 8.01. The second-order valence-electron chi connectivity index (χ2n) is 24.4. The molecular formula is C72H73ClF2N14O4S2. The minimum Gasteiger partial charge on any atom is -0.357 e. The Morgan fingerprint density at radius 2 is 1.00 bits per heavy atom. The highest BCUT2D eigenvalue weighted by atomic mass is 35.5. The van der Waals surface area contributed by atoms with Crippen molar-refractivity contribution >= 4 is 91.7 Å². The van der Waals surface area contributed by atoms with Crippen LogP contribution in [0.3, 0.4) is 0 Å². The average Bonchev–Trinajstić information content (AvgIpc) is 1.70. The fourth-order valence-electron chi connectivity index (χ4n) is 13.0. The first-order valence-electron chi connectivity index (χ1n) is 31.9. The molecule has 0 aliphatic carbocycles. The second kappa shape index (κ2) is 30.4. The van der Waals surface area contributed by atoms with E-state index in [1.807, 2.05) is 73.2 Å². The maximum absolute atomic E-state index is 13.8. The SMILES string of the molecule is CS[C@@]1(C(=O)Cc2ccc3[nH]nc(-c4ccc(F)cc4)c3c2)CCN(CC(=O)C2CCN(c3ccc(-c4ncccn4)cn3)CC2)C1.CS[C@@]1(C(=O)Cc2ccc3[nH]nc(-c4ccc(F)cc4)c3c2)CCNC1.O=C(CCl)C1CCN(c2ccc(-c3ncccn3)cn2)CC1. The van der Waals surface area contributed by atoms with Gasteiger partial charge in [-0.25, -0.2) is 38.7 Å². The van der Waals surface area contributed by atoms with Crippen LogP contribution >= 0.6 is 35.1 Å². The molecule has 14 rings (SSSR count). The van der Waals surface area contributed by atoms with E-state index in [1.54, 1.807) is 97.1 Å². The van der Waals surface area contributed by atoms with Gasteiger partial charge in [-0.05, 0) is 178 Å². The zero-order chi connectivity index (χ0) is 65.9. The third kappa shape index (κ3) is 15.5. The van der Waals surface area contributed by atoms with Gasteiger partial charge < -0.3 is 15.1 Å². The lowest BCUT2D eigenvalue weighted by Gasteiger charge is -2.33. The van der Waals surface area contributed by atoms with Crippen LogP contribution in [0.25, 0.3) is 67.1 Å². The molecule has 4 aliphatic heterocycles. The van der Waals surface area contributed by atoms with E-state index in [0.29, 0.717) is 37.6 Å². The highest BCUT2D eigenvalue weighted by Gasteiger charge is 2.45. The van der Waals surface area contributed by atoms with Crippen LogP contribution in [0.2, 0.25) is 0 Å². The Bertz CT molecular complexity index is 4270. The van der Waals surface area contributed by atoms with E-state index in [1.165, 1.54) is 24.3 Å². The number of halogens is 3. The Kier molecular flexibility index (Phi) is 21.2. The number of thioether (sulfide) groups is 2. The summed E-state index contributed by atoms with van der Waals surface area (Å²) in [5, 5.41) is 20.0. The molecule has 4 saturated heterocycles. The van der Waals surface area contributed by atoms with Gasteiger partial charge >= 0.3 is 0 Å². The van der Waals surface area contributed by atoms with Crippen molar-refractivity contribution in [2.75, 3.05) is 87.1 Å². The molecule has 488 valence electrons. The number of carbonyl (C=O) groups is 4. The topological polar surface area (TPSA) is 225 Å². The fourth-order valence-corrected chi connectivity index (χ4v) is 15.0.